The molecule has 0 aromatic heterocycles. The van der Waals surface area contributed by atoms with E-state index in [1.807, 2.05) is 6.92 Å². The van der Waals surface area contributed by atoms with Crippen molar-refractivity contribution in [2.45, 2.75) is 33.1 Å². The van der Waals surface area contributed by atoms with Gasteiger partial charge in [-0.1, -0.05) is 20.3 Å². The van der Waals surface area contributed by atoms with E-state index in [4.69, 9.17) is 4.74 Å². The van der Waals surface area contributed by atoms with Gasteiger partial charge in [-0.15, -0.1) is 0 Å². The molecule has 70 valence electrons. The molecule has 0 aromatic rings. The fourth-order valence-electron chi connectivity index (χ4n) is 1.74. The Morgan fingerprint density at radius 2 is 2.42 bits per heavy atom. The smallest absolute Gasteiger partial charge is 0.141 e. The lowest BCUT2D eigenvalue weighted by Gasteiger charge is -2.12. The van der Waals surface area contributed by atoms with Crippen molar-refractivity contribution in [3.63, 3.8) is 0 Å². The molecular formula is C10H18O2. The third-order valence-electron chi connectivity index (χ3n) is 2.54. The van der Waals surface area contributed by atoms with Gasteiger partial charge in [-0.2, -0.15) is 0 Å². The molecule has 2 heteroatoms. The van der Waals surface area contributed by atoms with Crippen molar-refractivity contribution in [2.75, 3.05) is 13.2 Å². The summed E-state index contributed by atoms with van der Waals surface area (Å²) in [6.07, 6.45) is 3.06. The van der Waals surface area contributed by atoms with E-state index in [1.54, 1.807) is 0 Å². The van der Waals surface area contributed by atoms with Crippen LogP contribution in [-0.4, -0.2) is 19.0 Å². The zero-order valence-corrected chi connectivity index (χ0v) is 8.01. The number of hydrogen-bond donors (Lipinski definition) is 0. The predicted molar refractivity (Wildman–Crippen MR) is 48.0 cm³/mol. The van der Waals surface area contributed by atoms with Gasteiger partial charge in [-0.25, -0.2) is 0 Å². The molecule has 0 bridgehead atoms. The minimum Gasteiger partial charge on any atom is -0.381 e. The third kappa shape index (κ3) is 2.31. The van der Waals surface area contributed by atoms with Gasteiger partial charge in [-0.05, 0) is 12.8 Å². The van der Waals surface area contributed by atoms with Crippen LogP contribution in [0.15, 0.2) is 0 Å². The Kier molecular flexibility index (Phi) is 3.73. The molecule has 0 spiro atoms. The molecule has 0 radical (unpaired) electrons. The molecule has 0 amide bonds. The first-order valence-electron chi connectivity index (χ1n) is 4.87. The molecule has 12 heavy (non-hydrogen) atoms. The molecule has 1 heterocycles. The zero-order chi connectivity index (χ0) is 8.97. The van der Waals surface area contributed by atoms with Gasteiger partial charge in [0, 0.05) is 18.4 Å². The molecule has 1 rings (SSSR count). The van der Waals surface area contributed by atoms with Gasteiger partial charge in [0.15, 0.2) is 0 Å². The molecule has 2 nitrogen and oxygen atoms in total. The average Bonchev–Trinajstić information content (AvgIpc) is 2.55. The maximum atomic E-state index is 11.7. The monoisotopic (exact) mass is 170 g/mol. The van der Waals surface area contributed by atoms with Gasteiger partial charge in [-0.3, -0.25) is 4.79 Å². The lowest BCUT2D eigenvalue weighted by Crippen LogP contribution is -2.21. The Bertz CT molecular complexity index is 148. The fourth-order valence-corrected chi connectivity index (χ4v) is 1.74. The molecule has 1 fully saturated rings. The maximum absolute atomic E-state index is 11.7. The third-order valence-corrected chi connectivity index (χ3v) is 2.54. The summed E-state index contributed by atoms with van der Waals surface area (Å²) in [5.74, 6) is 0.850. The van der Waals surface area contributed by atoms with Crippen LogP contribution in [0.4, 0.5) is 0 Å². The lowest BCUT2D eigenvalue weighted by molar-refractivity contribution is -0.126. The van der Waals surface area contributed by atoms with Crippen molar-refractivity contribution < 1.29 is 9.53 Å². The molecule has 2 unspecified atom stereocenters. The molecule has 1 saturated heterocycles. The van der Waals surface area contributed by atoms with Crippen LogP contribution in [0.1, 0.15) is 33.1 Å². The molecule has 0 aromatic carbocycles. The second-order valence-electron chi connectivity index (χ2n) is 3.65. The van der Waals surface area contributed by atoms with Crippen LogP contribution in [-0.2, 0) is 9.53 Å². The van der Waals surface area contributed by atoms with Crippen LogP contribution in [0.5, 0.6) is 0 Å². The van der Waals surface area contributed by atoms with Crippen molar-refractivity contribution in [3.05, 3.63) is 0 Å². The highest BCUT2D eigenvalue weighted by molar-refractivity contribution is 5.83. The Hall–Kier alpha value is -0.370. The van der Waals surface area contributed by atoms with E-state index < -0.39 is 0 Å². The van der Waals surface area contributed by atoms with E-state index in [0.29, 0.717) is 12.4 Å². The van der Waals surface area contributed by atoms with E-state index in [-0.39, 0.29) is 11.8 Å². The number of carbonyl (C=O) groups is 1. The minimum absolute atomic E-state index is 0.201. The summed E-state index contributed by atoms with van der Waals surface area (Å²) < 4.78 is 5.19. The Balaban J connectivity index is 2.34. The van der Waals surface area contributed by atoms with Crippen LogP contribution < -0.4 is 0 Å². The molecular weight excluding hydrogens is 152 g/mol. The second kappa shape index (κ2) is 4.61. The number of rotatable bonds is 4. The summed E-state index contributed by atoms with van der Waals surface area (Å²) in [6, 6.07) is 0. The quantitative estimate of drug-likeness (QED) is 0.645. The molecule has 1 aliphatic heterocycles. The van der Waals surface area contributed by atoms with Crippen LogP contribution >= 0.6 is 0 Å². The molecule has 1 aliphatic rings. The Morgan fingerprint density at radius 1 is 1.67 bits per heavy atom. The van der Waals surface area contributed by atoms with E-state index in [9.17, 15) is 4.79 Å². The second-order valence-corrected chi connectivity index (χ2v) is 3.65. The van der Waals surface area contributed by atoms with Crippen molar-refractivity contribution >= 4 is 5.78 Å². The van der Waals surface area contributed by atoms with Crippen molar-refractivity contribution in [2.24, 2.45) is 11.8 Å². The molecule has 0 N–H and O–H groups in total. The summed E-state index contributed by atoms with van der Waals surface area (Å²) in [4.78, 5) is 11.7. The largest absolute Gasteiger partial charge is 0.381 e. The highest BCUT2D eigenvalue weighted by Crippen LogP contribution is 2.20. The highest BCUT2D eigenvalue weighted by atomic mass is 16.5. The first kappa shape index (κ1) is 9.72. The summed E-state index contributed by atoms with van der Waals surface area (Å²) in [6.45, 7) is 5.58. The van der Waals surface area contributed by atoms with E-state index >= 15 is 0 Å². The van der Waals surface area contributed by atoms with Gasteiger partial charge in [0.05, 0.1) is 6.61 Å². The summed E-state index contributed by atoms with van der Waals surface area (Å²) in [5, 5.41) is 0. The maximum Gasteiger partial charge on any atom is 0.141 e. The predicted octanol–water partition coefficient (Wildman–Crippen LogP) is 2.03. The Morgan fingerprint density at radius 3 is 2.92 bits per heavy atom. The Labute approximate surface area is 74.3 Å². The van der Waals surface area contributed by atoms with Gasteiger partial charge >= 0.3 is 0 Å². The molecule has 2 atom stereocenters. The average molecular weight is 170 g/mol. The van der Waals surface area contributed by atoms with Gasteiger partial charge in [0.25, 0.3) is 0 Å². The first-order chi connectivity index (χ1) is 5.75. The fraction of sp³-hybridized carbons (Fsp3) is 0.900. The molecule has 0 aliphatic carbocycles. The van der Waals surface area contributed by atoms with Crippen LogP contribution in [0.3, 0.4) is 0 Å². The van der Waals surface area contributed by atoms with Crippen molar-refractivity contribution in [1.29, 1.82) is 0 Å². The van der Waals surface area contributed by atoms with E-state index in [0.717, 1.165) is 25.9 Å². The summed E-state index contributed by atoms with van der Waals surface area (Å²) in [5.41, 5.74) is 0. The van der Waals surface area contributed by atoms with Gasteiger partial charge in [0.1, 0.15) is 5.78 Å². The first-order valence-corrected chi connectivity index (χ1v) is 4.87. The molecule has 0 saturated carbocycles. The van der Waals surface area contributed by atoms with Crippen molar-refractivity contribution in [1.82, 2.24) is 0 Å². The lowest BCUT2D eigenvalue weighted by atomic mass is 9.91. The van der Waals surface area contributed by atoms with Crippen LogP contribution in [0.25, 0.3) is 0 Å². The highest BCUT2D eigenvalue weighted by Gasteiger charge is 2.26. The number of ether oxygens (including phenoxy) is 1. The summed E-state index contributed by atoms with van der Waals surface area (Å²) in [7, 11) is 0. The van der Waals surface area contributed by atoms with Crippen molar-refractivity contribution in [3.8, 4) is 0 Å². The van der Waals surface area contributed by atoms with Gasteiger partial charge < -0.3 is 4.74 Å². The van der Waals surface area contributed by atoms with Crippen LogP contribution in [0.2, 0.25) is 0 Å². The number of carbonyl (C=O) groups excluding carboxylic acids is 1. The topological polar surface area (TPSA) is 26.3 Å². The van der Waals surface area contributed by atoms with Gasteiger partial charge in [0.2, 0.25) is 0 Å². The number of hydrogen-bond acceptors (Lipinski definition) is 2. The van der Waals surface area contributed by atoms with Crippen LogP contribution in [0, 0.1) is 11.8 Å². The minimum atomic E-state index is 0.201. The zero-order valence-electron chi connectivity index (χ0n) is 8.01. The number of ketones is 1. The standard InChI is InChI=1S/C10H18O2/c1-3-4-8(2)10(11)9-5-6-12-7-9/h8-9H,3-7H2,1-2H3. The van der Waals surface area contributed by atoms with E-state index in [2.05, 4.69) is 6.92 Å². The normalized spacial score (nSPS) is 25.7. The number of Topliss-reactive ketones (excluding diaryl/α,β-unsaturated/α-hetero) is 1. The van der Waals surface area contributed by atoms with E-state index in [1.165, 1.54) is 0 Å². The SMILES string of the molecule is CCCC(C)C(=O)C1CCOC1. The summed E-state index contributed by atoms with van der Waals surface area (Å²) >= 11 is 0.